The molecule has 0 fully saturated rings. The van der Waals surface area contributed by atoms with Crippen molar-refractivity contribution in [1.82, 2.24) is 15.3 Å². The number of methoxy groups -OCH3 is 1. The van der Waals surface area contributed by atoms with Gasteiger partial charge in [-0.3, -0.25) is 4.79 Å². The number of carboxylic acid groups (broad SMARTS) is 1. The average molecular weight is 522 g/mol. The van der Waals surface area contributed by atoms with Crippen molar-refractivity contribution in [2.75, 3.05) is 13.7 Å². The predicted molar refractivity (Wildman–Crippen MR) is 148 cm³/mol. The van der Waals surface area contributed by atoms with E-state index in [2.05, 4.69) is 10.3 Å². The Labute approximate surface area is 224 Å². The molecule has 2 aromatic heterocycles. The van der Waals surface area contributed by atoms with Gasteiger partial charge in [0, 0.05) is 34.0 Å². The molecule has 1 unspecified atom stereocenters. The minimum atomic E-state index is -1.00. The van der Waals surface area contributed by atoms with E-state index in [1.54, 1.807) is 37.4 Å². The molecule has 8 nitrogen and oxygen atoms in total. The molecule has 6 rings (SSSR count). The second kappa shape index (κ2) is 9.56. The molecule has 0 saturated carbocycles. The Morgan fingerprint density at radius 3 is 2.62 bits per heavy atom. The number of carboxylic acids is 1. The van der Waals surface area contributed by atoms with Crippen LogP contribution in [0.4, 0.5) is 0 Å². The van der Waals surface area contributed by atoms with Crippen LogP contribution in [0, 0.1) is 0 Å². The molecule has 0 bridgehead atoms. The highest BCUT2D eigenvalue weighted by Crippen LogP contribution is 2.35. The molecule has 2 heterocycles. The number of aromatic amines is 1. The monoisotopic (exact) mass is 521 g/mol. The van der Waals surface area contributed by atoms with Gasteiger partial charge in [0.1, 0.15) is 5.75 Å². The van der Waals surface area contributed by atoms with Crippen LogP contribution in [0.1, 0.15) is 38.4 Å². The van der Waals surface area contributed by atoms with Gasteiger partial charge in [-0.05, 0) is 60.9 Å². The molecular weight excluding hydrogens is 494 g/mol. The standard InChI is InChI=1S/C31H27N3O5/c1-39-20-8-10-26-22(14-20)23(15-28(33-26)18-5-3-2-4-6-18)29(36)34-31(17-35)12-11-27-24(16-31)21-13-19(30(37)38)7-9-25(21)32-27/h2-10,13-15,32,35H,11-12,16-17H2,1H3,(H,34,36)(H,37,38). The van der Waals surface area contributed by atoms with E-state index in [-0.39, 0.29) is 18.1 Å². The van der Waals surface area contributed by atoms with Crippen LogP contribution in [0.15, 0.2) is 72.8 Å². The molecule has 3 aromatic carbocycles. The van der Waals surface area contributed by atoms with Gasteiger partial charge in [-0.25, -0.2) is 9.78 Å². The van der Waals surface area contributed by atoms with E-state index in [0.29, 0.717) is 47.2 Å². The first-order valence-electron chi connectivity index (χ1n) is 12.7. The van der Waals surface area contributed by atoms with Gasteiger partial charge in [-0.15, -0.1) is 0 Å². The van der Waals surface area contributed by atoms with Crippen LogP contribution < -0.4 is 10.1 Å². The molecule has 0 spiro atoms. The van der Waals surface area contributed by atoms with Crippen molar-refractivity contribution in [3.63, 3.8) is 0 Å². The van der Waals surface area contributed by atoms with Gasteiger partial charge < -0.3 is 25.3 Å². The van der Waals surface area contributed by atoms with Crippen LogP contribution in [0.2, 0.25) is 0 Å². The molecule has 0 radical (unpaired) electrons. The third-order valence-electron chi connectivity index (χ3n) is 7.62. The van der Waals surface area contributed by atoms with Gasteiger partial charge in [0.2, 0.25) is 0 Å². The van der Waals surface area contributed by atoms with Gasteiger partial charge in [-0.1, -0.05) is 30.3 Å². The lowest BCUT2D eigenvalue weighted by molar-refractivity contribution is 0.0696. The Kier molecular flexibility index (Phi) is 6.04. The number of hydrogen-bond acceptors (Lipinski definition) is 5. The number of ether oxygens (including phenoxy) is 1. The fraction of sp³-hybridized carbons (Fsp3) is 0.194. The number of amides is 1. The maximum atomic E-state index is 14.0. The minimum Gasteiger partial charge on any atom is -0.497 e. The number of rotatable bonds is 6. The Balaban J connectivity index is 1.41. The number of pyridine rings is 1. The summed E-state index contributed by atoms with van der Waals surface area (Å²) in [7, 11) is 1.57. The number of hydrogen-bond donors (Lipinski definition) is 4. The zero-order chi connectivity index (χ0) is 27.1. The van der Waals surface area contributed by atoms with Gasteiger partial charge in [0.15, 0.2) is 0 Å². The summed E-state index contributed by atoms with van der Waals surface area (Å²) in [5, 5.41) is 24.7. The van der Waals surface area contributed by atoms with Gasteiger partial charge >= 0.3 is 5.97 Å². The van der Waals surface area contributed by atoms with Crippen LogP contribution in [-0.4, -0.2) is 51.3 Å². The van der Waals surface area contributed by atoms with Crippen molar-refractivity contribution in [2.24, 2.45) is 0 Å². The fourth-order valence-corrected chi connectivity index (χ4v) is 5.51. The van der Waals surface area contributed by atoms with Crippen molar-refractivity contribution < 1.29 is 24.5 Å². The van der Waals surface area contributed by atoms with Crippen LogP contribution in [0.25, 0.3) is 33.1 Å². The second-order valence-electron chi connectivity index (χ2n) is 10.0. The maximum Gasteiger partial charge on any atom is 0.335 e. The lowest BCUT2D eigenvalue weighted by atomic mass is 9.79. The van der Waals surface area contributed by atoms with E-state index in [9.17, 15) is 19.8 Å². The van der Waals surface area contributed by atoms with E-state index in [1.807, 2.05) is 42.5 Å². The number of nitrogens with one attached hydrogen (secondary N) is 2. The highest BCUT2D eigenvalue weighted by molar-refractivity contribution is 6.08. The molecule has 5 aromatic rings. The number of carbonyl (C=O) groups is 2. The first-order valence-corrected chi connectivity index (χ1v) is 12.7. The largest absolute Gasteiger partial charge is 0.497 e. The Bertz CT molecular complexity index is 1740. The SMILES string of the molecule is COc1ccc2nc(-c3ccccc3)cc(C(=O)NC3(CO)CCc4[nH]c5ccc(C(=O)O)cc5c4C3)c2c1. The Morgan fingerprint density at radius 1 is 1.05 bits per heavy atom. The van der Waals surface area contributed by atoms with Gasteiger partial charge in [-0.2, -0.15) is 0 Å². The Morgan fingerprint density at radius 2 is 1.87 bits per heavy atom. The molecule has 1 aliphatic rings. The van der Waals surface area contributed by atoms with Crippen molar-refractivity contribution >= 4 is 33.7 Å². The molecule has 196 valence electrons. The molecule has 1 atom stereocenters. The summed E-state index contributed by atoms with van der Waals surface area (Å²) in [6.07, 6.45) is 1.50. The van der Waals surface area contributed by atoms with Crippen LogP contribution in [-0.2, 0) is 12.8 Å². The molecule has 1 aliphatic carbocycles. The van der Waals surface area contributed by atoms with E-state index < -0.39 is 11.5 Å². The summed E-state index contributed by atoms with van der Waals surface area (Å²) in [5.74, 6) is -0.715. The maximum absolute atomic E-state index is 14.0. The summed E-state index contributed by atoms with van der Waals surface area (Å²) < 4.78 is 5.42. The van der Waals surface area contributed by atoms with Gasteiger partial charge in [0.05, 0.1) is 41.6 Å². The topological polar surface area (TPSA) is 125 Å². The lowest BCUT2D eigenvalue weighted by Gasteiger charge is -2.36. The smallest absolute Gasteiger partial charge is 0.335 e. The minimum absolute atomic E-state index is 0.194. The lowest BCUT2D eigenvalue weighted by Crippen LogP contribution is -2.54. The Hall–Kier alpha value is -4.69. The predicted octanol–water partition coefficient (Wildman–Crippen LogP) is 4.74. The van der Waals surface area contributed by atoms with E-state index in [4.69, 9.17) is 9.72 Å². The molecule has 39 heavy (non-hydrogen) atoms. The summed E-state index contributed by atoms with van der Waals surface area (Å²) >= 11 is 0. The summed E-state index contributed by atoms with van der Waals surface area (Å²) in [6.45, 7) is -0.263. The van der Waals surface area contributed by atoms with Crippen molar-refractivity contribution in [1.29, 1.82) is 0 Å². The van der Waals surface area contributed by atoms with E-state index >= 15 is 0 Å². The zero-order valence-corrected chi connectivity index (χ0v) is 21.3. The number of aliphatic hydroxyl groups is 1. The summed E-state index contributed by atoms with van der Waals surface area (Å²) in [6, 6.07) is 21.9. The highest BCUT2D eigenvalue weighted by atomic mass is 16.5. The number of H-pyrrole nitrogens is 1. The number of aromatic nitrogens is 2. The third-order valence-corrected chi connectivity index (χ3v) is 7.62. The van der Waals surface area contributed by atoms with Crippen LogP contribution in [0.3, 0.4) is 0 Å². The number of fused-ring (bicyclic) bond motifs is 4. The number of benzene rings is 3. The molecule has 4 N–H and O–H groups in total. The third kappa shape index (κ3) is 4.38. The quantitative estimate of drug-likeness (QED) is 0.256. The number of nitrogens with zero attached hydrogens (tertiary/aromatic N) is 1. The number of aromatic carboxylic acids is 1. The zero-order valence-electron chi connectivity index (χ0n) is 21.3. The van der Waals surface area contributed by atoms with Crippen molar-refractivity contribution in [2.45, 2.75) is 24.8 Å². The number of aliphatic hydroxyl groups excluding tert-OH is 1. The molecule has 8 heteroatoms. The van der Waals surface area contributed by atoms with E-state index in [0.717, 1.165) is 27.7 Å². The molecular formula is C31H27N3O5. The van der Waals surface area contributed by atoms with Crippen molar-refractivity contribution in [3.05, 3.63) is 95.2 Å². The normalized spacial score (nSPS) is 16.7. The number of aryl methyl sites for hydroxylation is 1. The van der Waals surface area contributed by atoms with Crippen LogP contribution in [0.5, 0.6) is 5.75 Å². The highest BCUT2D eigenvalue weighted by Gasteiger charge is 2.38. The second-order valence-corrected chi connectivity index (χ2v) is 10.0. The fourth-order valence-electron chi connectivity index (χ4n) is 5.51. The van der Waals surface area contributed by atoms with E-state index in [1.165, 1.54) is 0 Å². The number of carbonyl (C=O) groups excluding carboxylic acids is 1. The first-order chi connectivity index (χ1) is 18.9. The van der Waals surface area contributed by atoms with Crippen molar-refractivity contribution in [3.8, 4) is 17.0 Å². The molecule has 0 saturated heterocycles. The van der Waals surface area contributed by atoms with Gasteiger partial charge in [0.25, 0.3) is 5.91 Å². The summed E-state index contributed by atoms with van der Waals surface area (Å²) in [4.78, 5) is 33.7. The molecule has 0 aliphatic heterocycles. The average Bonchev–Trinajstić information content (AvgIpc) is 3.33. The summed E-state index contributed by atoms with van der Waals surface area (Å²) in [5.41, 5.74) is 4.67. The molecule has 1 amide bonds. The first kappa shape index (κ1) is 24.6. The van der Waals surface area contributed by atoms with Crippen LogP contribution >= 0.6 is 0 Å².